The second-order valence-corrected chi connectivity index (χ2v) is 15.6. The fraction of sp³-hybridized carbons (Fsp3) is 0.971. The first-order chi connectivity index (χ1) is 18.5. The van der Waals surface area contributed by atoms with Gasteiger partial charge in [-0.1, -0.05) is 53.9 Å². The fourth-order valence-electron chi connectivity index (χ4n) is 10.8. The Balaban J connectivity index is 1.24. The van der Waals surface area contributed by atoms with E-state index in [4.69, 9.17) is 4.74 Å². The third-order valence-corrected chi connectivity index (χ3v) is 13.2. The van der Waals surface area contributed by atoms with E-state index < -0.39 is 11.7 Å². The molecule has 0 bridgehead atoms. The summed E-state index contributed by atoms with van der Waals surface area (Å²) in [6.45, 7) is 13.8. The van der Waals surface area contributed by atoms with Crippen LogP contribution >= 0.6 is 0 Å². The number of rotatable bonds is 8. The van der Waals surface area contributed by atoms with Crippen molar-refractivity contribution in [1.29, 1.82) is 0 Å². The van der Waals surface area contributed by atoms with Crippen LogP contribution in [0.4, 0.5) is 0 Å². The molecule has 1 amide bonds. The predicted octanol–water partition coefficient (Wildman–Crippen LogP) is 6.59. The molecule has 0 aromatic heterocycles. The van der Waals surface area contributed by atoms with E-state index in [0.29, 0.717) is 29.6 Å². The summed E-state index contributed by atoms with van der Waals surface area (Å²) >= 11 is 0. The summed E-state index contributed by atoms with van der Waals surface area (Å²) < 4.78 is 6.15. The molecule has 1 heterocycles. The van der Waals surface area contributed by atoms with Crippen molar-refractivity contribution in [3.63, 3.8) is 0 Å². The molecule has 5 rings (SSSR count). The number of amides is 1. The van der Waals surface area contributed by atoms with Crippen LogP contribution in [-0.2, 0) is 9.53 Å². The van der Waals surface area contributed by atoms with Crippen LogP contribution in [0.2, 0.25) is 0 Å². The zero-order valence-corrected chi connectivity index (χ0v) is 25.8. The molecule has 5 fully saturated rings. The van der Waals surface area contributed by atoms with Gasteiger partial charge in [-0.2, -0.15) is 0 Å². The van der Waals surface area contributed by atoms with Gasteiger partial charge in [0.15, 0.2) is 0 Å². The standard InChI is InChI=1S/C34H59NO4/c1-23(2)10-9-11-24(3)27-12-13-28-26-20-30(36)34(38)21-25(39-22-31(37)35-18-7-6-8-19-35)14-17-33(34,5)29(26)15-16-32(27,28)4/h23-30,36,38H,6-22H2,1-5H3/t24-,25+,26+,27-,28+,29+,30-,32-,33-,34+/m1/s1. The Labute approximate surface area is 238 Å². The Morgan fingerprint density at radius 1 is 0.974 bits per heavy atom. The number of carbonyl (C=O) groups excluding carboxylic acids is 1. The van der Waals surface area contributed by atoms with Crippen molar-refractivity contribution in [3.8, 4) is 0 Å². The molecule has 0 unspecified atom stereocenters. The highest BCUT2D eigenvalue weighted by Crippen LogP contribution is 2.69. The minimum absolute atomic E-state index is 0.0834. The highest BCUT2D eigenvalue weighted by atomic mass is 16.5. The monoisotopic (exact) mass is 545 g/mol. The van der Waals surface area contributed by atoms with Gasteiger partial charge < -0.3 is 19.8 Å². The van der Waals surface area contributed by atoms with Gasteiger partial charge in [0.1, 0.15) is 6.61 Å². The van der Waals surface area contributed by atoms with Crippen LogP contribution in [0, 0.1) is 46.3 Å². The van der Waals surface area contributed by atoms with E-state index in [9.17, 15) is 15.0 Å². The zero-order valence-electron chi connectivity index (χ0n) is 25.8. The van der Waals surface area contributed by atoms with Gasteiger partial charge in [-0.3, -0.25) is 4.79 Å². The average molecular weight is 546 g/mol. The summed E-state index contributed by atoms with van der Waals surface area (Å²) in [5.41, 5.74) is -1.03. The largest absolute Gasteiger partial charge is 0.390 e. The Bertz CT molecular complexity index is 856. The van der Waals surface area contributed by atoms with Crippen LogP contribution in [0.1, 0.15) is 125 Å². The van der Waals surface area contributed by atoms with Crippen molar-refractivity contribution in [3.05, 3.63) is 0 Å². The quantitative estimate of drug-likeness (QED) is 0.361. The number of aliphatic hydroxyl groups is 2. The Kier molecular flexibility index (Phi) is 8.84. The predicted molar refractivity (Wildman–Crippen MR) is 156 cm³/mol. The summed E-state index contributed by atoms with van der Waals surface area (Å²) in [5.74, 6) is 4.09. The maximum atomic E-state index is 12.7. The van der Waals surface area contributed by atoms with E-state index in [1.54, 1.807) is 0 Å². The van der Waals surface area contributed by atoms with Gasteiger partial charge in [0.05, 0.1) is 17.8 Å². The number of nitrogens with zero attached hydrogens (tertiary/aromatic N) is 1. The summed E-state index contributed by atoms with van der Waals surface area (Å²) in [5, 5.41) is 23.8. The number of aliphatic hydroxyl groups excluding tert-OH is 1. The summed E-state index contributed by atoms with van der Waals surface area (Å²) in [7, 11) is 0. The molecule has 0 aromatic carbocycles. The lowest BCUT2D eigenvalue weighted by Crippen LogP contribution is -2.68. The molecule has 1 saturated heterocycles. The van der Waals surface area contributed by atoms with E-state index in [0.717, 1.165) is 62.9 Å². The number of fused-ring (bicyclic) bond motifs is 5. The number of ether oxygens (including phenoxy) is 1. The van der Waals surface area contributed by atoms with Crippen molar-refractivity contribution in [2.75, 3.05) is 19.7 Å². The SMILES string of the molecule is CC(C)CCC[C@@H](C)[C@H]1CC[C@H]2[C@@H]3C[C@@H](O)[C@@]4(O)C[C@@H](OCC(=O)N5CCCCC5)CC[C@]4(C)[C@H]3CC[C@]12C. The van der Waals surface area contributed by atoms with Crippen molar-refractivity contribution >= 4 is 5.91 Å². The molecule has 5 nitrogen and oxygen atoms in total. The highest BCUT2D eigenvalue weighted by Gasteiger charge is 2.67. The van der Waals surface area contributed by atoms with Crippen molar-refractivity contribution in [2.45, 2.75) is 142 Å². The minimum atomic E-state index is -1.12. The Morgan fingerprint density at radius 2 is 1.72 bits per heavy atom. The fourth-order valence-corrected chi connectivity index (χ4v) is 10.8. The highest BCUT2D eigenvalue weighted by molar-refractivity contribution is 5.77. The number of hydrogen-bond donors (Lipinski definition) is 2. The zero-order chi connectivity index (χ0) is 28.0. The Morgan fingerprint density at radius 3 is 2.44 bits per heavy atom. The van der Waals surface area contributed by atoms with Gasteiger partial charge in [-0.15, -0.1) is 0 Å². The normalized spacial score (nSPS) is 45.0. The van der Waals surface area contributed by atoms with Crippen LogP contribution < -0.4 is 0 Å². The molecule has 0 radical (unpaired) electrons. The van der Waals surface area contributed by atoms with Gasteiger partial charge in [-0.05, 0) is 105 Å². The maximum absolute atomic E-state index is 12.7. The topological polar surface area (TPSA) is 70.0 Å². The van der Waals surface area contributed by atoms with Crippen molar-refractivity contribution in [2.24, 2.45) is 46.3 Å². The molecule has 4 saturated carbocycles. The molecule has 1 aliphatic heterocycles. The van der Waals surface area contributed by atoms with E-state index in [2.05, 4.69) is 34.6 Å². The molecular formula is C34H59NO4. The van der Waals surface area contributed by atoms with Crippen LogP contribution in [0.5, 0.6) is 0 Å². The molecule has 39 heavy (non-hydrogen) atoms. The molecule has 5 aliphatic rings. The second kappa shape index (κ2) is 11.6. The summed E-state index contributed by atoms with van der Waals surface area (Å²) in [6.07, 6.45) is 14.6. The second-order valence-electron chi connectivity index (χ2n) is 15.6. The van der Waals surface area contributed by atoms with Gasteiger partial charge >= 0.3 is 0 Å². The van der Waals surface area contributed by atoms with Gasteiger partial charge in [-0.25, -0.2) is 0 Å². The van der Waals surface area contributed by atoms with Gasteiger partial charge in [0.25, 0.3) is 0 Å². The summed E-state index contributed by atoms with van der Waals surface area (Å²) in [6, 6.07) is 0. The third-order valence-electron chi connectivity index (χ3n) is 13.2. The number of hydrogen-bond acceptors (Lipinski definition) is 4. The van der Waals surface area contributed by atoms with Crippen LogP contribution in [0.15, 0.2) is 0 Å². The van der Waals surface area contributed by atoms with E-state index in [-0.39, 0.29) is 24.0 Å². The molecule has 224 valence electrons. The maximum Gasteiger partial charge on any atom is 0.248 e. The molecule has 0 spiro atoms. The third kappa shape index (κ3) is 5.36. The van der Waals surface area contributed by atoms with E-state index in [1.165, 1.54) is 51.4 Å². The first kappa shape index (κ1) is 29.8. The van der Waals surface area contributed by atoms with Crippen LogP contribution in [0.25, 0.3) is 0 Å². The molecule has 5 heteroatoms. The first-order valence-corrected chi connectivity index (χ1v) is 16.8. The van der Waals surface area contributed by atoms with Crippen LogP contribution in [-0.4, -0.2) is 58.5 Å². The average Bonchev–Trinajstić information content (AvgIpc) is 3.26. The van der Waals surface area contributed by atoms with Crippen molar-refractivity contribution in [1.82, 2.24) is 4.90 Å². The lowest BCUT2D eigenvalue weighted by Gasteiger charge is -2.65. The first-order valence-electron chi connectivity index (χ1n) is 16.8. The molecule has 2 N–H and O–H groups in total. The number of likely N-dealkylation sites (tertiary alicyclic amines) is 1. The number of carbonyl (C=O) groups is 1. The van der Waals surface area contributed by atoms with Gasteiger partial charge in [0, 0.05) is 24.9 Å². The summed E-state index contributed by atoms with van der Waals surface area (Å²) in [4.78, 5) is 14.6. The smallest absolute Gasteiger partial charge is 0.248 e. The molecular weight excluding hydrogens is 486 g/mol. The minimum Gasteiger partial charge on any atom is -0.390 e. The number of piperidine rings is 1. The van der Waals surface area contributed by atoms with E-state index in [1.807, 2.05) is 4.90 Å². The molecule has 10 atom stereocenters. The molecule has 4 aliphatic carbocycles. The Hall–Kier alpha value is -0.650. The van der Waals surface area contributed by atoms with Crippen molar-refractivity contribution < 1.29 is 19.7 Å². The lowest BCUT2D eigenvalue weighted by atomic mass is 9.42. The molecule has 0 aromatic rings. The van der Waals surface area contributed by atoms with Gasteiger partial charge in [0.2, 0.25) is 5.91 Å². The lowest BCUT2D eigenvalue weighted by molar-refractivity contribution is -0.267. The van der Waals surface area contributed by atoms with E-state index >= 15 is 0 Å². The van der Waals surface area contributed by atoms with Crippen LogP contribution in [0.3, 0.4) is 0 Å².